The van der Waals surface area contributed by atoms with Crippen LogP contribution in [0, 0.1) is 0 Å². The van der Waals surface area contributed by atoms with Crippen LogP contribution < -0.4 is 27.0 Å². The Morgan fingerprint density at radius 2 is 1.03 bits per heavy atom. The number of rotatable bonds is 17. The molecule has 2 rings (SSSR count). The largest absolute Gasteiger partial charge is 0.370 e. The van der Waals surface area contributed by atoms with Gasteiger partial charge in [-0.1, -0.05) is 60.7 Å². The highest BCUT2D eigenvalue weighted by atomic mass is 16.1. The van der Waals surface area contributed by atoms with Crippen molar-refractivity contribution in [1.82, 2.24) is 21.3 Å². The molecule has 0 radical (unpaired) electrons. The maximum Gasteiger partial charge on any atom is 0.218 e. The molecule has 1 amide bonds. The molecule has 0 saturated carbocycles. The van der Waals surface area contributed by atoms with Crippen LogP contribution in [0.15, 0.2) is 60.7 Å². The van der Waals surface area contributed by atoms with Crippen molar-refractivity contribution in [1.29, 1.82) is 0 Å². The van der Waals surface area contributed by atoms with E-state index in [-0.39, 0.29) is 5.91 Å². The minimum atomic E-state index is -0.260. The first-order valence-corrected chi connectivity index (χ1v) is 11.0. The molecule has 6 heteroatoms. The number of hydrogen-bond donors (Lipinski definition) is 5. The number of hydrogen-bond acceptors (Lipinski definition) is 5. The predicted octanol–water partition coefficient (Wildman–Crippen LogP) is 1.44. The third kappa shape index (κ3) is 10.5. The zero-order chi connectivity index (χ0) is 21.3. The molecule has 0 fully saturated rings. The normalized spacial score (nSPS) is 11.1. The van der Waals surface area contributed by atoms with Gasteiger partial charge in [-0.3, -0.25) is 4.79 Å². The summed E-state index contributed by atoms with van der Waals surface area (Å²) in [5.74, 6) is 0.164. The Morgan fingerprint density at radius 1 is 0.633 bits per heavy atom. The molecule has 0 heterocycles. The van der Waals surface area contributed by atoms with Crippen LogP contribution in [0.4, 0.5) is 0 Å². The summed E-state index contributed by atoms with van der Waals surface area (Å²) in [4.78, 5) is 10.6. The molecule has 0 aliphatic rings. The first-order chi connectivity index (χ1) is 14.8. The molecule has 2 aromatic rings. The Hall–Kier alpha value is -2.25. The Balaban J connectivity index is 1.50. The Kier molecular flexibility index (Phi) is 12.5. The highest BCUT2D eigenvalue weighted by Crippen LogP contribution is 2.27. The van der Waals surface area contributed by atoms with E-state index in [2.05, 4.69) is 81.9 Å². The third-order valence-electron chi connectivity index (χ3n) is 5.00. The molecular weight excluding hydrogens is 374 g/mol. The predicted molar refractivity (Wildman–Crippen MR) is 125 cm³/mol. The van der Waals surface area contributed by atoms with E-state index >= 15 is 0 Å². The van der Waals surface area contributed by atoms with Crippen LogP contribution in [0.5, 0.6) is 0 Å². The molecule has 164 valence electrons. The molecule has 0 atom stereocenters. The summed E-state index contributed by atoms with van der Waals surface area (Å²) in [5.41, 5.74) is 7.84. The van der Waals surface area contributed by atoms with Crippen molar-refractivity contribution in [2.75, 3.05) is 52.4 Å². The highest BCUT2D eigenvalue weighted by molar-refractivity contribution is 5.73. The number of amides is 1. The van der Waals surface area contributed by atoms with Crippen LogP contribution in [0.1, 0.15) is 29.9 Å². The number of benzene rings is 2. The van der Waals surface area contributed by atoms with Gasteiger partial charge in [-0.15, -0.1) is 0 Å². The van der Waals surface area contributed by atoms with E-state index in [1.54, 1.807) is 0 Å². The number of nitrogens with one attached hydrogen (secondary N) is 4. The van der Waals surface area contributed by atoms with Crippen molar-refractivity contribution < 1.29 is 4.79 Å². The van der Waals surface area contributed by atoms with E-state index in [9.17, 15) is 4.79 Å². The minimum Gasteiger partial charge on any atom is -0.370 e. The maximum absolute atomic E-state index is 10.6. The third-order valence-corrected chi connectivity index (χ3v) is 5.00. The molecule has 0 spiro atoms. The molecular formula is C24H37N5O. The topological polar surface area (TPSA) is 91.2 Å². The fraction of sp³-hybridized carbons (Fsp3) is 0.458. The lowest BCUT2D eigenvalue weighted by atomic mass is 9.88. The number of carbonyl (C=O) groups is 1. The summed E-state index contributed by atoms with van der Waals surface area (Å²) in [6.45, 7) is 7.17. The average molecular weight is 412 g/mol. The van der Waals surface area contributed by atoms with Crippen LogP contribution in [0.25, 0.3) is 0 Å². The molecule has 6 nitrogen and oxygen atoms in total. The van der Waals surface area contributed by atoms with Crippen molar-refractivity contribution in [2.45, 2.75) is 18.8 Å². The average Bonchev–Trinajstić information content (AvgIpc) is 2.77. The van der Waals surface area contributed by atoms with E-state index in [1.807, 2.05) is 0 Å². The molecule has 0 aromatic heterocycles. The molecule has 6 N–H and O–H groups in total. The highest BCUT2D eigenvalue weighted by Gasteiger charge is 2.13. The quantitative estimate of drug-likeness (QED) is 0.254. The van der Waals surface area contributed by atoms with Gasteiger partial charge in [0.05, 0.1) is 0 Å². The van der Waals surface area contributed by atoms with E-state index in [4.69, 9.17) is 5.73 Å². The van der Waals surface area contributed by atoms with Crippen LogP contribution >= 0.6 is 0 Å². The second kappa shape index (κ2) is 15.6. The Labute approximate surface area is 181 Å². The van der Waals surface area contributed by atoms with Crippen molar-refractivity contribution in [2.24, 2.45) is 5.73 Å². The van der Waals surface area contributed by atoms with Crippen LogP contribution in [0.3, 0.4) is 0 Å². The zero-order valence-corrected chi connectivity index (χ0v) is 17.9. The monoisotopic (exact) mass is 411 g/mol. The van der Waals surface area contributed by atoms with Crippen molar-refractivity contribution in [3.05, 3.63) is 71.8 Å². The number of nitrogens with two attached hydrogens (primary N) is 1. The first-order valence-electron chi connectivity index (χ1n) is 11.0. The smallest absolute Gasteiger partial charge is 0.218 e. The summed E-state index contributed by atoms with van der Waals surface area (Å²) in [6, 6.07) is 21.5. The SMILES string of the molecule is NC(=O)CCNCCNCCNCCNCCC(c1ccccc1)c1ccccc1. The summed E-state index contributed by atoms with van der Waals surface area (Å²) >= 11 is 0. The second-order valence-corrected chi connectivity index (χ2v) is 7.38. The number of primary amides is 1. The summed E-state index contributed by atoms with van der Waals surface area (Å²) < 4.78 is 0. The Bertz CT molecular complexity index is 641. The van der Waals surface area contributed by atoms with Crippen LogP contribution in [-0.4, -0.2) is 58.3 Å². The van der Waals surface area contributed by atoms with E-state index in [1.165, 1.54) is 11.1 Å². The summed E-state index contributed by atoms with van der Waals surface area (Å²) in [5, 5.41) is 13.6. The standard InChI is InChI=1S/C24H37N5O/c25-24(30)12-14-27-16-18-29-20-19-28-17-15-26-13-11-23(21-7-3-1-4-8-21)22-9-5-2-6-10-22/h1-10,23,26-29H,11-20H2,(H2,25,30). The fourth-order valence-corrected chi connectivity index (χ4v) is 3.38. The van der Waals surface area contributed by atoms with Gasteiger partial charge in [-0.05, 0) is 24.1 Å². The minimum absolute atomic E-state index is 0.260. The summed E-state index contributed by atoms with van der Waals surface area (Å²) in [7, 11) is 0. The van der Waals surface area contributed by atoms with Gasteiger partial charge in [-0.25, -0.2) is 0 Å². The van der Waals surface area contributed by atoms with Crippen molar-refractivity contribution in [3.8, 4) is 0 Å². The molecule has 2 aromatic carbocycles. The lowest BCUT2D eigenvalue weighted by Crippen LogP contribution is -2.35. The van der Waals surface area contributed by atoms with Crippen LogP contribution in [-0.2, 0) is 4.79 Å². The molecule has 0 aliphatic heterocycles. The van der Waals surface area contributed by atoms with Crippen molar-refractivity contribution >= 4 is 5.91 Å². The van der Waals surface area contributed by atoms with Gasteiger partial charge in [0.2, 0.25) is 5.91 Å². The van der Waals surface area contributed by atoms with Crippen LogP contribution in [0.2, 0.25) is 0 Å². The van der Waals surface area contributed by atoms with Gasteiger partial charge < -0.3 is 27.0 Å². The van der Waals surface area contributed by atoms with Gasteiger partial charge in [0, 0.05) is 58.2 Å². The molecule has 0 saturated heterocycles. The molecule has 0 aliphatic carbocycles. The van der Waals surface area contributed by atoms with E-state index in [0.29, 0.717) is 18.9 Å². The van der Waals surface area contributed by atoms with Gasteiger partial charge >= 0.3 is 0 Å². The molecule has 0 unspecified atom stereocenters. The first kappa shape index (κ1) is 24.0. The Morgan fingerprint density at radius 3 is 1.47 bits per heavy atom. The lowest BCUT2D eigenvalue weighted by Gasteiger charge is -2.18. The zero-order valence-electron chi connectivity index (χ0n) is 17.9. The van der Waals surface area contributed by atoms with Crippen molar-refractivity contribution in [3.63, 3.8) is 0 Å². The van der Waals surface area contributed by atoms with Gasteiger partial charge in [-0.2, -0.15) is 0 Å². The fourth-order valence-electron chi connectivity index (χ4n) is 3.38. The molecule has 30 heavy (non-hydrogen) atoms. The maximum atomic E-state index is 10.6. The lowest BCUT2D eigenvalue weighted by molar-refractivity contribution is -0.117. The summed E-state index contributed by atoms with van der Waals surface area (Å²) in [6.07, 6.45) is 1.48. The van der Waals surface area contributed by atoms with E-state index < -0.39 is 0 Å². The second-order valence-electron chi connectivity index (χ2n) is 7.38. The van der Waals surface area contributed by atoms with Gasteiger partial charge in [0.15, 0.2) is 0 Å². The van der Waals surface area contributed by atoms with E-state index in [0.717, 1.165) is 52.2 Å². The number of carbonyl (C=O) groups excluding carboxylic acids is 1. The van der Waals surface area contributed by atoms with Gasteiger partial charge in [0.1, 0.15) is 0 Å². The van der Waals surface area contributed by atoms with Gasteiger partial charge in [0.25, 0.3) is 0 Å². The molecule has 0 bridgehead atoms.